The Labute approximate surface area is 177 Å². The summed E-state index contributed by atoms with van der Waals surface area (Å²) in [6.45, 7) is 8.09. The average molecular weight is 437 g/mol. The monoisotopic (exact) mass is 436 g/mol. The van der Waals surface area contributed by atoms with Gasteiger partial charge in [-0.05, 0) is 46.7 Å². The number of ether oxygens (including phenoxy) is 1. The standard InChI is InChI=1S/C22H29FN2O4S/c1-6-16-11-15(12-19(23)21(16)25-30(5,27)28)13-24-20(26)14-29-18-9-7-17(8-10-18)22(2,3)4/h7-12,25H,6,13-14H2,1-5H3,(H,24,26). The molecule has 6 nitrogen and oxygen atoms in total. The van der Waals surface area contributed by atoms with Crippen molar-refractivity contribution in [1.29, 1.82) is 0 Å². The number of rotatable bonds is 8. The van der Waals surface area contributed by atoms with Gasteiger partial charge in [0, 0.05) is 6.54 Å². The van der Waals surface area contributed by atoms with Crippen molar-refractivity contribution >= 4 is 21.6 Å². The second-order valence-corrected chi connectivity index (χ2v) is 9.93. The Morgan fingerprint density at radius 1 is 1.13 bits per heavy atom. The first-order valence-electron chi connectivity index (χ1n) is 9.68. The van der Waals surface area contributed by atoms with Gasteiger partial charge in [-0.1, -0.05) is 45.9 Å². The lowest BCUT2D eigenvalue weighted by atomic mass is 9.87. The Kier molecular flexibility index (Phi) is 7.47. The minimum Gasteiger partial charge on any atom is -0.484 e. The maximum absolute atomic E-state index is 14.4. The summed E-state index contributed by atoms with van der Waals surface area (Å²) in [5, 5.41) is 2.68. The van der Waals surface area contributed by atoms with E-state index >= 15 is 0 Å². The predicted molar refractivity (Wildman–Crippen MR) is 117 cm³/mol. The van der Waals surface area contributed by atoms with Crippen molar-refractivity contribution in [3.8, 4) is 5.75 Å². The molecule has 0 aromatic heterocycles. The fourth-order valence-electron chi connectivity index (χ4n) is 2.86. The lowest BCUT2D eigenvalue weighted by Gasteiger charge is -2.19. The van der Waals surface area contributed by atoms with Crippen molar-refractivity contribution in [3.63, 3.8) is 0 Å². The molecule has 0 heterocycles. The van der Waals surface area contributed by atoms with E-state index in [2.05, 4.69) is 30.8 Å². The Hall–Kier alpha value is -2.61. The molecule has 0 atom stereocenters. The van der Waals surface area contributed by atoms with Crippen LogP contribution < -0.4 is 14.8 Å². The molecule has 0 unspecified atom stereocenters. The Balaban J connectivity index is 1.95. The van der Waals surface area contributed by atoms with E-state index < -0.39 is 15.8 Å². The van der Waals surface area contributed by atoms with Gasteiger partial charge in [-0.3, -0.25) is 9.52 Å². The average Bonchev–Trinajstić information content (AvgIpc) is 2.65. The van der Waals surface area contributed by atoms with Gasteiger partial charge in [0.25, 0.3) is 5.91 Å². The summed E-state index contributed by atoms with van der Waals surface area (Å²) in [5.74, 6) is -0.431. The molecule has 0 saturated carbocycles. The van der Waals surface area contributed by atoms with Crippen LogP contribution in [0.1, 0.15) is 44.4 Å². The molecular weight excluding hydrogens is 407 g/mol. The van der Waals surface area contributed by atoms with E-state index in [1.165, 1.54) is 11.6 Å². The number of anilines is 1. The largest absolute Gasteiger partial charge is 0.484 e. The van der Waals surface area contributed by atoms with E-state index in [4.69, 9.17) is 4.74 Å². The number of aryl methyl sites for hydroxylation is 1. The van der Waals surface area contributed by atoms with Crippen LogP contribution in [0.25, 0.3) is 0 Å². The first-order chi connectivity index (χ1) is 13.9. The molecule has 1 amide bonds. The van der Waals surface area contributed by atoms with Gasteiger partial charge in [0.05, 0.1) is 11.9 Å². The molecule has 30 heavy (non-hydrogen) atoms. The number of amides is 1. The zero-order chi connectivity index (χ0) is 22.5. The number of benzene rings is 2. The number of carbonyl (C=O) groups excluding carboxylic acids is 1. The number of halogens is 1. The molecule has 0 bridgehead atoms. The Morgan fingerprint density at radius 3 is 2.30 bits per heavy atom. The molecule has 0 radical (unpaired) electrons. The maximum Gasteiger partial charge on any atom is 0.258 e. The second-order valence-electron chi connectivity index (χ2n) is 8.18. The van der Waals surface area contributed by atoms with Crippen molar-refractivity contribution in [2.75, 3.05) is 17.6 Å². The summed E-state index contributed by atoms with van der Waals surface area (Å²) >= 11 is 0. The van der Waals surface area contributed by atoms with E-state index in [9.17, 15) is 17.6 Å². The molecule has 2 aromatic rings. The third-order valence-electron chi connectivity index (χ3n) is 4.48. The number of sulfonamides is 1. The molecule has 0 aliphatic heterocycles. The van der Waals surface area contributed by atoms with Gasteiger partial charge in [-0.15, -0.1) is 0 Å². The topological polar surface area (TPSA) is 84.5 Å². The lowest BCUT2D eigenvalue weighted by molar-refractivity contribution is -0.123. The van der Waals surface area contributed by atoms with Gasteiger partial charge in [0.15, 0.2) is 6.61 Å². The summed E-state index contributed by atoms with van der Waals surface area (Å²) in [4.78, 5) is 12.1. The summed E-state index contributed by atoms with van der Waals surface area (Å²) in [6.07, 6.45) is 1.40. The van der Waals surface area contributed by atoms with Crippen molar-refractivity contribution in [2.24, 2.45) is 0 Å². The third-order valence-corrected chi connectivity index (χ3v) is 5.05. The molecule has 0 saturated heterocycles. The first-order valence-corrected chi connectivity index (χ1v) is 11.6. The smallest absolute Gasteiger partial charge is 0.258 e. The molecule has 164 valence electrons. The van der Waals surface area contributed by atoms with E-state index in [0.29, 0.717) is 23.3 Å². The highest BCUT2D eigenvalue weighted by atomic mass is 32.2. The molecule has 0 spiro atoms. The van der Waals surface area contributed by atoms with E-state index in [1.54, 1.807) is 13.0 Å². The molecular formula is C22H29FN2O4S. The van der Waals surface area contributed by atoms with Crippen LogP contribution in [-0.2, 0) is 33.2 Å². The molecule has 0 aliphatic rings. The highest BCUT2D eigenvalue weighted by Gasteiger charge is 2.15. The van der Waals surface area contributed by atoms with Crippen LogP contribution in [0.3, 0.4) is 0 Å². The predicted octanol–water partition coefficient (Wildman–Crippen LogP) is 3.75. The van der Waals surface area contributed by atoms with Gasteiger partial charge in [-0.2, -0.15) is 0 Å². The summed E-state index contributed by atoms with van der Waals surface area (Å²) < 4.78 is 44.9. The molecule has 2 aromatic carbocycles. The normalized spacial score (nSPS) is 11.8. The lowest BCUT2D eigenvalue weighted by Crippen LogP contribution is -2.28. The van der Waals surface area contributed by atoms with Crippen LogP contribution in [0.4, 0.5) is 10.1 Å². The first kappa shape index (κ1) is 23.7. The fourth-order valence-corrected chi connectivity index (χ4v) is 3.46. The highest BCUT2D eigenvalue weighted by molar-refractivity contribution is 7.92. The minimum absolute atomic E-state index is 0.0366. The fraction of sp³-hybridized carbons (Fsp3) is 0.409. The van der Waals surface area contributed by atoms with E-state index in [0.717, 1.165) is 6.26 Å². The van der Waals surface area contributed by atoms with Crippen LogP contribution in [0.5, 0.6) is 5.75 Å². The zero-order valence-corrected chi connectivity index (χ0v) is 18.8. The Bertz CT molecular complexity index is 997. The van der Waals surface area contributed by atoms with Crippen LogP contribution in [0.15, 0.2) is 36.4 Å². The minimum atomic E-state index is -3.59. The second kappa shape index (κ2) is 9.47. The summed E-state index contributed by atoms with van der Waals surface area (Å²) in [5.41, 5.74) is 2.19. The van der Waals surface area contributed by atoms with Gasteiger partial charge < -0.3 is 10.1 Å². The van der Waals surface area contributed by atoms with Crippen LogP contribution in [-0.4, -0.2) is 27.2 Å². The molecule has 8 heteroatoms. The zero-order valence-electron chi connectivity index (χ0n) is 18.0. The quantitative estimate of drug-likeness (QED) is 0.660. The van der Waals surface area contributed by atoms with Gasteiger partial charge >= 0.3 is 0 Å². The molecule has 2 N–H and O–H groups in total. The van der Waals surface area contributed by atoms with Crippen molar-refractivity contribution in [2.45, 2.75) is 46.1 Å². The van der Waals surface area contributed by atoms with Crippen LogP contribution in [0.2, 0.25) is 0 Å². The van der Waals surface area contributed by atoms with Crippen LogP contribution >= 0.6 is 0 Å². The maximum atomic E-state index is 14.4. The summed E-state index contributed by atoms with van der Waals surface area (Å²) in [7, 11) is -3.59. The van der Waals surface area contributed by atoms with Gasteiger partial charge in [-0.25, -0.2) is 12.8 Å². The third kappa shape index (κ3) is 7.02. The number of nitrogens with one attached hydrogen (secondary N) is 2. The Morgan fingerprint density at radius 2 is 1.77 bits per heavy atom. The van der Waals surface area contributed by atoms with E-state index in [1.807, 2.05) is 24.3 Å². The molecule has 2 rings (SSSR count). The van der Waals surface area contributed by atoms with Crippen molar-refractivity contribution in [1.82, 2.24) is 5.32 Å². The van der Waals surface area contributed by atoms with Crippen molar-refractivity contribution in [3.05, 3.63) is 58.9 Å². The van der Waals surface area contributed by atoms with Crippen LogP contribution in [0, 0.1) is 5.82 Å². The highest BCUT2D eigenvalue weighted by Crippen LogP contribution is 2.25. The SMILES string of the molecule is CCc1cc(CNC(=O)COc2ccc(C(C)(C)C)cc2)cc(F)c1NS(C)(=O)=O. The van der Waals surface area contributed by atoms with E-state index in [-0.39, 0.29) is 30.2 Å². The molecule has 0 aliphatic carbocycles. The number of carbonyl (C=O) groups is 1. The van der Waals surface area contributed by atoms with Crippen molar-refractivity contribution < 1.29 is 22.3 Å². The molecule has 0 fully saturated rings. The number of hydrogen-bond donors (Lipinski definition) is 2. The number of hydrogen-bond acceptors (Lipinski definition) is 4. The van der Waals surface area contributed by atoms with Gasteiger partial charge in [0.1, 0.15) is 11.6 Å². The van der Waals surface area contributed by atoms with Gasteiger partial charge in [0.2, 0.25) is 10.0 Å². The summed E-state index contributed by atoms with van der Waals surface area (Å²) in [6, 6.07) is 10.5.